The molecule has 0 spiro atoms. The minimum atomic E-state index is -0.787. The highest BCUT2D eigenvalue weighted by Crippen LogP contribution is 2.45. The van der Waals surface area contributed by atoms with Crippen molar-refractivity contribution >= 4 is 0 Å². The van der Waals surface area contributed by atoms with Crippen molar-refractivity contribution in [2.24, 2.45) is 11.8 Å². The predicted octanol–water partition coefficient (Wildman–Crippen LogP) is 2.95. The molecule has 0 radical (unpaired) electrons. The molecule has 2 unspecified atom stereocenters. The first-order valence-electron chi connectivity index (χ1n) is 7.34. The number of nitrogens with zero attached hydrogens (tertiary/aromatic N) is 2. The van der Waals surface area contributed by atoms with E-state index in [1.165, 1.54) is 6.42 Å². The molecule has 0 amide bonds. The van der Waals surface area contributed by atoms with Crippen molar-refractivity contribution in [3.8, 4) is 5.75 Å². The van der Waals surface area contributed by atoms with Gasteiger partial charge in [-0.3, -0.25) is 4.68 Å². The Labute approximate surface area is 115 Å². The molecule has 1 fully saturated rings. The lowest BCUT2D eigenvalue weighted by molar-refractivity contribution is -0.0379. The van der Waals surface area contributed by atoms with Gasteiger partial charge < -0.3 is 9.84 Å². The number of hydrogen-bond donors (Lipinski definition) is 1. The Morgan fingerprint density at radius 3 is 2.89 bits per heavy atom. The Morgan fingerprint density at radius 2 is 2.32 bits per heavy atom. The van der Waals surface area contributed by atoms with Crippen molar-refractivity contribution in [1.29, 1.82) is 0 Å². The van der Waals surface area contributed by atoms with Gasteiger partial charge in [-0.1, -0.05) is 13.8 Å². The van der Waals surface area contributed by atoms with Crippen molar-refractivity contribution in [2.75, 3.05) is 7.11 Å². The second-order valence-electron chi connectivity index (χ2n) is 6.01. The number of aromatic nitrogens is 2. The van der Waals surface area contributed by atoms with Gasteiger partial charge in [0, 0.05) is 6.54 Å². The molecule has 1 heterocycles. The number of aliphatic hydroxyl groups is 1. The molecule has 1 aromatic heterocycles. The molecule has 2 atom stereocenters. The molecule has 1 N–H and O–H groups in total. The monoisotopic (exact) mass is 266 g/mol. The first-order chi connectivity index (χ1) is 9.01. The molecular weight excluding hydrogens is 240 g/mol. The Balaban J connectivity index is 2.35. The van der Waals surface area contributed by atoms with E-state index in [9.17, 15) is 5.11 Å². The molecule has 4 nitrogen and oxygen atoms in total. The van der Waals surface area contributed by atoms with E-state index in [0.717, 1.165) is 31.5 Å². The van der Waals surface area contributed by atoms with Gasteiger partial charge in [-0.25, -0.2) is 0 Å². The molecular formula is C15H26N2O2. The van der Waals surface area contributed by atoms with Crippen LogP contribution in [0.5, 0.6) is 5.75 Å². The summed E-state index contributed by atoms with van der Waals surface area (Å²) in [6.07, 6.45) is 5.61. The summed E-state index contributed by atoms with van der Waals surface area (Å²) in [5.74, 6) is 1.90. The van der Waals surface area contributed by atoms with E-state index in [-0.39, 0.29) is 0 Å². The molecule has 0 saturated heterocycles. The van der Waals surface area contributed by atoms with Gasteiger partial charge in [-0.2, -0.15) is 5.10 Å². The van der Waals surface area contributed by atoms with Gasteiger partial charge >= 0.3 is 0 Å². The summed E-state index contributed by atoms with van der Waals surface area (Å²) in [6, 6.07) is 0. The zero-order chi connectivity index (χ0) is 14.0. The molecule has 2 rings (SSSR count). The third-order valence-electron chi connectivity index (χ3n) is 4.47. The van der Waals surface area contributed by atoms with Crippen LogP contribution in [0.15, 0.2) is 6.20 Å². The van der Waals surface area contributed by atoms with Crippen LogP contribution < -0.4 is 4.74 Å². The average Bonchev–Trinajstić information content (AvgIpc) is 2.82. The van der Waals surface area contributed by atoms with Gasteiger partial charge in [-0.05, 0) is 44.4 Å². The molecule has 4 heteroatoms. The largest absolute Gasteiger partial charge is 0.493 e. The SMILES string of the molecule is CCn1ncc(OC)c1C1(O)CCCC(C(C)C)C1. The van der Waals surface area contributed by atoms with Crippen LogP contribution in [-0.4, -0.2) is 22.0 Å². The van der Waals surface area contributed by atoms with Crippen molar-refractivity contribution in [3.63, 3.8) is 0 Å². The molecule has 1 aromatic rings. The molecule has 1 saturated carbocycles. The van der Waals surface area contributed by atoms with Crippen molar-refractivity contribution in [1.82, 2.24) is 9.78 Å². The van der Waals surface area contributed by atoms with E-state index in [2.05, 4.69) is 18.9 Å². The lowest BCUT2D eigenvalue weighted by atomic mass is 9.72. The maximum Gasteiger partial charge on any atom is 0.162 e. The summed E-state index contributed by atoms with van der Waals surface area (Å²) in [6.45, 7) is 7.28. The standard InChI is InChI=1S/C15H26N2O2/c1-5-17-14(13(19-4)10-16-17)15(18)8-6-7-12(9-15)11(2)3/h10-12,18H,5-9H2,1-4H3. The Kier molecular flexibility index (Phi) is 4.19. The number of aryl methyl sites for hydroxylation is 1. The fraction of sp³-hybridized carbons (Fsp3) is 0.800. The molecule has 1 aliphatic carbocycles. The highest BCUT2D eigenvalue weighted by Gasteiger charge is 2.41. The predicted molar refractivity (Wildman–Crippen MR) is 75.1 cm³/mol. The first kappa shape index (κ1) is 14.4. The number of rotatable bonds is 4. The fourth-order valence-corrected chi connectivity index (χ4v) is 3.31. The van der Waals surface area contributed by atoms with Gasteiger partial charge in [0.05, 0.1) is 13.3 Å². The van der Waals surface area contributed by atoms with Crippen molar-refractivity contribution in [2.45, 2.75) is 58.6 Å². The molecule has 0 bridgehead atoms. The normalized spacial score (nSPS) is 27.8. The van der Waals surface area contributed by atoms with E-state index in [4.69, 9.17) is 4.74 Å². The molecule has 0 aliphatic heterocycles. The lowest BCUT2D eigenvalue weighted by Crippen LogP contribution is -2.36. The van der Waals surface area contributed by atoms with Crippen LogP contribution in [0.25, 0.3) is 0 Å². The number of ether oxygens (including phenoxy) is 1. The van der Waals surface area contributed by atoms with Gasteiger partial charge in [0.2, 0.25) is 0 Å². The topological polar surface area (TPSA) is 47.3 Å². The van der Waals surface area contributed by atoms with Crippen molar-refractivity contribution < 1.29 is 9.84 Å². The highest BCUT2D eigenvalue weighted by molar-refractivity contribution is 5.31. The second-order valence-corrected chi connectivity index (χ2v) is 6.01. The first-order valence-corrected chi connectivity index (χ1v) is 7.34. The third kappa shape index (κ3) is 2.64. The minimum Gasteiger partial charge on any atom is -0.493 e. The van der Waals surface area contributed by atoms with E-state index in [0.29, 0.717) is 17.6 Å². The lowest BCUT2D eigenvalue weighted by Gasteiger charge is -2.39. The van der Waals surface area contributed by atoms with Crippen LogP contribution in [0.1, 0.15) is 52.1 Å². The van der Waals surface area contributed by atoms with E-state index >= 15 is 0 Å². The molecule has 0 aromatic carbocycles. The van der Waals surface area contributed by atoms with Crippen LogP contribution in [0, 0.1) is 11.8 Å². The summed E-state index contributed by atoms with van der Waals surface area (Å²) in [5, 5.41) is 15.5. The smallest absolute Gasteiger partial charge is 0.162 e. The summed E-state index contributed by atoms with van der Waals surface area (Å²) < 4.78 is 7.28. The summed E-state index contributed by atoms with van der Waals surface area (Å²) in [4.78, 5) is 0. The quantitative estimate of drug-likeness (QED) is 0.911. The summed E-state index contributed by atoms with van der Waals surface area (Å²) >= 11 is 0. The van der Waals surface area contributed by atoms with Crippen LogP contribution in [-0.2, 0) is 12.1 Å². The maximum atomic E-state index is 11.1. The van der Waals surface area contributed by atoms with Crippen LogP contribution in [0.2, 0.25) is 0 Å². The Hall–Kier alpha value is -1.03. The number of methoxy groups -OCH3 is 1. The third-order valence-corrected chi connectivity index (χ3v) is 4.47. The Bertz CT molecular complexity index is 406. The Morgan fingerprint density at radius 1 is 1.58 bits per heavy atom. The van der Waals surface area contributed by atoms with Crippen molar-refractivity contribution in [3.05, 3.63) is 11.9 Å². The molecule has 19 heavy (non-hydrogen) atoms. The molecule has 108 valence electrons. The van der Waals surface area contributed by atoms with Crippen LogP contribution in [0.4, 0.5) is 0 Å². The maximum absolute atomic E-state index is 11.1. The van der Waals surface area contributed by atoms with Gasteiger partial charge in [0.15, 0.2) is 5.75 Å². The minimum absolute atomic E-state index is 0.573. The number of hydrogen-bond acceptors (Lipinski definition) is 3. The summed E-state index contributed by atoms with van der Waals surface area (Å²) in [5.41, 5.74) is 0.0771. The van der Waals surface area contributed by atoms with Gasteiger partial charge in [0.25, 0.3) is 0 Å². The second kappa shape index (κ2) is 5.53. The summed E-state index contributed by atoms with van der Waals surface area (Å²) in [7, 11) is 1.65. The van der Waals surface area contributed by atoms with E-state index in [1.807, 2.05) is 11.6 Å². The van der Waals surface area contributed by atoms with Gasteiger partial charge in [-0.15, -0.1) is 0 Å². The average molecular weight is 266 g/mol. The van der Waals surface area contributed by atoms with Gasteiger partial charge in [0.1, 0.15) is 11.3 Å². The zero-order valence-corrected chi connectivity index (χ0v) is 12.5. The molecule has 1 aliphatic rings. The van der Waals surface area contributed by atoms with E-state index in [1.54, 1.807) is 13.3 Å². The fourth-order valence-electron chi connectivity index (χ4n) is 3.31. The van der Waals surface area contributed by atoms with Crippen LogP contribution in [0.3, 0.4) is 0 Å². The van der Waals surface area contributed by atoms with E-state index < -0.39 is 5.60 Å². The van der Waals surface area contributed by atoms with Crippen LogP contribution >= 0.6 is 0 Å². The highest BCUT2D eigenvalue weighted by atomic mass is 16.5. The zero-order valence-electron chi connectivity index (χ0n) is 12.5.